The molecule has 10 aromatic carbocycles. The third-order valence-electron chi connectivity index (χ3n) is 22.8. The van der Waals surface area contributed by atoms with Gasteiger partial charge in [0.25, 0.3) is 0 Å². The number of carbonyl (C=O) groups is 5. The van der Waals surface area contributed by atoms with Crippen LogP contribution in [0.15, 0.2) is 182 Å². The van der Waals surface area contributed by atoms with E-state index in [0.717, 1.165) is 64.2 Å². The first-order chi connectivity index (χ1) is 67.6. The average Bonchev–Trinajstić information content (AvgIpc) is 0.872. The van der Waals surface area contributed by atoms with E-state index in [1.54, 1.807) is 158 Å². The fourth-order valence-electron chi connectivity index (χ4n) is 15.4. The van der Waals surface area contributed by atoms with Crippen molar-refractivity contribution in [2.24, 2.45) is 0 Å². The summed E-state index contributed by atoms with van der Waals surface area (Å²) in [5, 5.41) is 92.1. The van der Waals surface area contributed by atoms with Crippen LogP contribution in [0.2, 0.25) is 0 Å². The molecule has 0 saturated carbocycles. The summed E-state index contributed by atoms with van der Waals surface area (Å²) in [4.78, 5) is 64.2. The van der Waals surface area contributed by atoms with Crippen LogP contribution in [0.3, 0.4) is 0 Å². The number of phenolic OH excluding ortho intramolecular Hbond substituents is 3. The lowest BCUT2D eigenvalue weighted by Crippen LogP contribution is -2.04. The van der Waals surface area contributed by atoms with E-state index in [9.17, 15) is 65.6 Å². The summed E-state index contributed by atoms with van der Waals surface area (Å²) in [6.07, 6.45) is 30.0. The monoisotopic (exact) mass is 1840 g/mol. The van der Waals surface area contributed by atoms with Crippen molar-refractivity contribution < 1.29 is 72.5 Å². The van der Waals surface area contributed by atoms with Crippen LogP contribution in [0.25, 0.3) is 58.2 Å². The smallest absolute Gasteiger partial charge is 0.337 e. The molecule has 10 bridgehead atoms. The molecular weight excluding hydrogens is 1740 g/mol. The summed E-state index contributed by atoms with van der Waals surface area (Å²) in [5.41, 5.74) is 6.44. The first-order valence-corrected chi connectivity index (χ1v) is 46.0. The summed E-state index contributed by atoms with van der Waals surface area (Å²) >= 11 is 0. The molecule has 0 spiro atoms. The number of nitriles is 5. The normalized spacial score (nSPS) is 13.0. The van der Waals surface area contributed by atoms with Crippen LogP contribution in [0.5, 0.6) is 28.7 Å². The third kappa shape index (κ3) is 29.7. The van der Waals surface area contributed by atoms with Gasteiger partial charge in [-0.1, -0.05) is 189 Å². The maximum absolute atomic E-state index is 13.2. The Morgan fingerprint density at radius 2 is 0.446 bits per heavy atom. The third-order valence-corrected chi connectivity index (χ3v) is 22.8. The van der Waals surface area contributed by atoms with E-state index in [1.807, 2.05) is 0 Å². The van der Waals surface area contributed by atoms with Gasteiger partial charge in [-0.05, 0) is 281 Å². The molecule has 0 amide bonds. The van der Waals surface area contributed by atoms with Gasteiger partial charge in [-0.2, -0.15) is 26.3 Å². The number of hydrogen-bond acceptors (Lipinski definition) is 20. The fraction of sp³-hybridized carbons (Fsp3) is 0.244. The molecule has 1 aliphatic carbocycles. The van der Waals surface area contributed by atoms with Gasteiger partial charge in [0, 0.05) is 27.8 Å². The number of nitrogens with zero attached hydrogens (tertiary/aromatic N) is 5. The van der Waals surface area contributed by atoms with E-state index in [0.29, 0.717) is 80.3 Å². The molecule has 139 heavy (non-hydrogen) atoms. The molecule has 694 valence electrons. The number of fused-ring (bicyclic) bond motifs is 10. The van der Waals surface area contributed by atoms with Crippen LogP contribution in [0.1, 0.15) is 305 Å². The molecule has 1 aliphatic rings. The molecule has 20 heteroatoms. The largest absolute Gasteiger partial charge is 0.507 e. The highest BCUT2D eigenvalue weighted by Gasteiger charge is 2.20. The van der Waals surface area contributed by atoms with E-state index in [-0.39, 0.29) is 129 Å². The van der Waals surface area contributed by atoms with E-state index in [4.69, 9.17) is 33.2 Å². The van der Waals surface area contributed by atoms with Crippen molar-refractivity contribution in [2.75, 3.05) is 48.8 Å². The summed E-state index contributed by atoms with van der Waals surface area (Å²) in [6.45, 7) is 5.06. The Hall–Kier alpha value is -17.5. The number of hydrogen-bond donors (Lipinski definition) is 3. The molecular formula is C119H103N5O15. The molecule has 0 heterocycles. The Morgan fingerprint density at radius 1 is 0.245 bits per heavy atom. The zero-order valence-corrected chi connectivity index (χ0v) is 78.7. The molecule has 0 fully saturated rings. The summed E-state index contributed by atoms with van der Waals surface area (Å²) in [7, 11) is 6.20. The quantitative estimate of drug-likeness (QED) is 0.0170. The topological polar surface area (TPSA) is 330 Å². The Kier molecular flexibility index (Phi) is 38.3. The van der Waals surface area contributed by atoms with Gasteiger partial charge in [0.15, 0.2) is 0 Å². The lowest BCUT2D eigenvalue weighted by atomic mass is 9.93. The van der Waals surface area contributed by atoms with Gasteiger partial charge in [-0.3, -0.25) is 0 Å². The first kappa shape index (κ1) is 102. The van der Waals surface area contributed by atoms with E-state index >= 15 is 0 Å². The minimum absolute atomic E-state index is 0.0125. The molecule has 0 radical (unpaired) electrons. The summed E-state index contributed by atoms with van der Waals surface area (Å²) in [5.74, 6) is 27.8. The maximum atomic E-state index is 13.2. The number of allylic oxidation sites excluding steroid dienone is 5. The standard InChI is InChI=1S/C119H103N5O15/c1-8-10-12-14-16-18-20-22-24-26-48-138-113-73-98(118(131)136-6)46-41-93(113)36-31-83-53-88-63-104(59-83)109(79-124)69-89-54-84(32-37-94-42-47-99(119(132)137-7)74-114(94)139-49-27-25-23-21-19-17-15-13-11-9-2)58-103(64-89)108(78-123)67-87-52-82(30-35-92-40-45-97(72-112(92)127)117(130)135-5)56-101(62-87)106(76-121)65-85-50-80(28-33-90-38-43-95(70-110(90)125)115(128)133-3)55-100(60-85)105(75-120)66-86-51-81(57-102(61-86)107(68-88)77-122)29-34-91-39-44-96(71-111(91)126)116(129)134-4/h38-47,50-74,125-127H,8-27,48-49H2,1-7H3/b105-66+,106-65+,107-68+,108-67+,109-69+. The van der Waals surface area contributed by atoms with Crippen molar-refractivity contribution >= 4 is 88.1 Å². The van der Waals surface area contributed by atoms with E-state index in [1.165, 1.54) is 154 Å². The van der Waals surface area contributed by atoms with E-state index < -0.39 is 29.8 Å². The van der Waals surface area contributed by atoms with Crippen molar-refractivity contribution in [2.45, 2.75) is 142 Å². The number of methoxy groups -OCH3 is 5. The van der Waals surface area contributed by atoms with Gasteiger partial charge >= 0.3 is 29.8 Å². The molecule has 0 aliphatic heterocycles. The second-order valence-electron chi connectivity index (χ2n) is 33.0. The van der Waals surface area contributed by atoms with Crippen molar-refractivity contribution in [3.05, 3.63) is 321 Å². The number of rotatable bonds is 29. The Balaban J connectivity index is 1.18. The van der Waals surface area contributed by atoms with Crippen LogP contribution < -0.4 is 9.47 Å². The van der Waals surface area contributed by atoms with Gasteiger partial charge < -0.3 is 48.5 Å². The Labute approximate surface area is 812 Å². The molecule has 0 aromatic heterocycles. The molecule has 0 atom stereocenters. The number of ether oxygens (including phenoxy) is 7. The molecule has 20 nitrogen and oxygen atoms in total. The summed E-state index contributed by atoms with van der Waals surface area (Å²) in [6, 6.07) is 58.9. The van der Waals surface area contributed by atoms with Gasteiger partial charge in [-0.25, -0.2) is 24.0 Å². The lowest BCUT2D eigenvalue weighted by molar-refractivity contribution is 0.0591. The summed E-state index contributed by atoms with van der Waals surface area (Å²) < 4.78 is 37.9. The molecule has 0 saturated heterocycles. The maximum Gasteiger partial charge on any atom is 0.337 e. The van der Waals surface area contributed by atoms with Crippen LogP contribution in [-0.2, 0) is 23.7 Å². The molecule has 11 rings (SSSR count). The number of carbonyl (C=O) groups excluding carboxylic acids is 5. The van der Waals surface area contributed by atoms with Crippen molar-refractivity contribution in [1.82, 2.24) is 0 Å². The molecule has 0 unspecified atom stereocenters. The first-order valence-electron chi connectivity index (χ1n) is 46.0. The molecule has 3 N–H and O–H groups in total. The van der Waals surface area contributed by atoms with Gasteiger partial charge in [-0.15, -0.1) is 0 Å². The minimum Gasteiger partial charge on any atom is -0.507 e. The minimum atomic E-state index is -0.703. The SMILES string of the molecule is CCCCCCCCCCCCOc1cc(C(=O)OC)ccc1C#Cc1cc2cc(c1)/C(C#N)=C/c1cc(C#Cc3ccc(C(=O)OC)cc3OCCCCCCCCCCCC)cc(c1)/C(C#N)=C/c1cc(C#Cc3ccc(C(=O)OC)cc3O)cc(c1)/C(C#N)=C/c1cc(C#Cc3ccc(C(=O)OC)cc3O)cc(c1)/C(C#N)=C/c1cc(C#Cc3ccc(C(=O)OC)cc3O)cc(c1)/C(C#N)=C/2. The Bertz CT molecular complexity index is 6910. The van der Waals surface area contributed by atoms with Crippen LogP contribution >= 0.6 is 0 Å². The van der Waals surface area contributed by atoms with Gasteiger partial charge in [0.2, 0.25) is 0 Å². The van der Waals surface area contributed by atoms with Crippen LogP contribution in [0, 0.1) is 116 Å². The number of aromatic hydroxyl groups is 3. The second-order valence-corrected chi connectivity index (χ2v) is 33.0. The van der Waals surface area contributed by atoms with E-state index in [2.05, 4.69) is 103 Å². The number of esters is 5. The van der Waals surface area contributed by atoms with Crippen molar-refractivity contribution in [3.8, 4) is 118 Å². The molecule has 10 aromatic rings. The van der Waals surface area contributed by atoms with Crippen molar-refractivity contribution in [3.63, 3.8) is 0 Å². The predicted molar refractivity (Wildman–Crippen MR) is 538 cm³/mol. The highest BCUT2D eigenvalue weighted by Crippen LogP contribution is 2.35. The number of phenols is 3. The lowest BCUT2D eigenvalue weighted by Gasteiger charge is -2.10. The Morgan fingerprint density at radius 3 is 0.655 bits per heavy atom. The number of benzene rings is 10. The average molecular weight is 1840 g/mol. The highest BCUT2D eigenvalue weighted by molar-refractivity contribution is 6.00. The van der Waals surface area contributed by atoms with Gasteiger partial charge in [0.1, 0.15) is 28.7 Å². The zero-order valence-electron chi connectivity index (χ0n) is 78.7. The zero-order chi connectivity index (χ0) is 99.0. The van der Waals surface area contributed by atoms with Crippen LogP contribution in [0.4, 0.5) is 0 Å². The second kappa shape index (κ2) is 52.2. The van der Waals surface area contributed by atoms with Crippen LogP contribution in [-0.4, -0.2) is 93.9 Å². The van der Waals surface area contributed by atoms with Crippen molar-refractivity contribution in [1.29, 1.82) is 26.3 Å². The fourth-order valence-corrected chi connectivity index (χ4v) is 15.4. The number of unbranched alkanes of at least 4 members (excludes halogenated alkanes) is 18. The highest BCUT2D eigenvalue weighted by atomic mass is 16.5. The van der Waals surface area contributed by atoms with Gasteiger partial charge in [0.05, 0.1) is 163 Å². The predicted octanol–water partition coefficient (Wildman–Crippen LogP) is 24.0.